The SMILES string of the molecule is CC1(C)Oc2cccc3cccc(c23)O1. The molecule has 2 aromatic carbocycles. The van der Waals surface area contributed by atoms with E-state index in [1.165, 1.54) is 0 Å². The molecule has 0 radical (unpaired) electrons. The van der Waals surface area contributed by atoms with Gasteiger partial charge in [0.25, 0.3) is 0 Å². The minimum atomic E-state index is -0.581. The summed E-state index contributed by atoms with van der Waals surface area (Å²) in [4.78, 5) is 0. The van der Waals surface area contributed by atoms with Crippen LogP contribution >= 0.6 is 0 Å². The number of ether oxygens (including phenoxy) is 2. The molecule has 0 spiro atoms. The molecule has 0 bridgehead atoms. The molecule has 76 valence electrons. The predicted molar refractivity (Wildman–Crippen MR) is 59.3 cm³/mol. The van der Waals surface area contributed by atoms with E-state index < -0.39 is 5.79 Å². The van der Waals surface area contributed by atoms with E-state index in [-0.39, 0.29) is 0 Å². The summed E-state index contributed by atoms with van der Waals surface area (Å²) in [6, 6.07) is 12.1. The largest absolute Gasteiger partial charge is 0.452 e. The Morgan fingerprint density at radius 1 is 0.867 bits per heavy atom. The summed E-state index contributed by atoms with van der Waals surface area (Å²) in [6.45, 7) is 3.84. The summed E-state index contributed by atoms with van der Waals surface area (Å²) in [5.41, 5.74) is 0. The Bertz CT molecular complexity index is 486. The monoisotopic (exact) mass is 200 g/mol. The Morgan fingerprint density at radius 2 is 1.40 bits per heavy atom. The normalized spacial score (nSPS) is 16.9. The van der Waals surface area contributed by atoms with Crippen molar-refractivity contribution in [1.82, 2.24) is 0 Å². The van der Waals surface area contributed by atoms with E-state index in [9.17, 15) is 0 Å². The summed E-state index contributed by atoms with van der Waals surface area (Å²) >= 11 is 0. The number of hydrogen-bond donors (Lipinski definition) is 0. The Hall–Kier alpha value is -1.70. The van der Waals surface area contributed by atoms with Crippen molar-refractivity contribution in [2.24, 2.45) is 0 Å². The third kappa shape index (κ3) is 1.25. The maximum atomic E-state index is 5.77. The smallest absolute Gasteiger partial charge is 0.245 e. The molecule has 0 aliphatic carbocycles. The fourth-order valence-corrected chi connectivity index (χ4v) is 1.99. The van der Waals surface area contributed by atoms with Gasteiger partial charge in [-0.1, -0.05) is 24.3 Å². The zero-order valence-electron chi connectivity index (χ0n) is 8.78. The average molecular weight is 200 g/mol. The molecule has 2 nitrogen and oxygen atoms in total. The summed E-state index contributed by atoms with van der Waals surface area (Å²) < 4.78 is 11.5. The van der Waals surface area contributed by atoms with Gasteiger partial charge in [0.1, 0.15) is 11.5 Å². The van der Waals surface area contributed by atoms with Crippen LogP contribution in [0.15, 0.2) is 36.4 Å². The molecule has 0 amide bonds. The molecule has 0 unspecified atom stereocenters. The van der Waals surface area contributed by atoms with Crippen molar-refractivity contribution in [2.45, 2.75) is 19.6 Å². The van der Waals surface area contributed by atoms with Gasteiger partial charge in [0.15, 0.2) is 0 Å². The lowest BCUT2D eigenvalue weighted by Gasteiger charge is -2.33. The van der Waals surface area contributed by atoms with E-state index in [1.807, 2.05) is 38.1 Å². The summed E-state index contributed by atoms with van der Waals surface area (Å²) in [7, 11) is 0. The zero-order valence-corrected chi connectivity index (χ0v) is 8.78. The van der Waals surface area contributed by atoms with Crippen LogP contribution in [0.4, 0.5) is 0 Å². The van der Waals surface area contributed by atoms with E-state index in [2.05, 4.69) is 12.1 Å². The van der Waals surface area contributed by atoms with Gasteiger partial charge in [0.2, 0.25) is 5.79 Å². The molecule has 0 fully saturated rings. The maximum Gasteiger partial charge on any atom is 0.245 e. The van der Waals surface area contributed by atoms with Crippen LogP contribution < -0.4 is 9.47 Å². The van der Waals surface area contributed by atoms with Crippen molar-refractivity contribution in [2.75, 3.05) is 0 Å². The van der Waals surface area contributed by atoms with Crippen LogP contribution in [0.25, 0.3) is 10.8 Å². The molecule has 2 heteroatoms. The van der Waals surface area contributed by atoms with Crippen LogP contribution in [0.3, 0.4) is 0 Å². The molecule has 3 rings (SSSR count). The highest BCUT2D eigenvalue weighted by molar-refractivity contribution is 5.94. The van der Waals surface area contributed by atoms with Crippen molar-refractivity contribution < 1.29 is 9.47 Å². The lowest BCUT2D eigenvalue weighted by Crippen LogP contribution is -2.37. The zero-order chi connectivity index (χ0) is 10.5. The van der Waals surface area contributed by atoms with Crippen molar-refractivity contribution in [3.63, 3.8) is 0 Å². The van der Waals surface area contributed by atoms with Gasteiger partial charge in [0, 0.05) is 13.8 Å². The Kier molecular flexibility index (Phi) is 1.52. The molecule has 0 atom stereocenters. The second kappa shape index (κ2) is 2.66. The molecule has 0 aromatic heterocycles. The van der Waals surface area contributed by atoms with Crippen molar-refractivity contribution in [1.29, 1.82) is 0 Å². The molecule has 0 saturated carbocycles. The standard InChI is InChI=1S/C13H12O2/c1-13(2)14-10-7-3-5-9-6-4-8-11(15-13)12(9)10/h3-8H,1-2H3. The quantitative estimate of drug-likeness (QED) is 0.649. The van der Waals surface area contributed by atoms with Crippen LogP contribution in [0.5, 0.6) is 11.5 Å². The van der Waals surface area contributed by atoms with Crippen molar-refractivity contribution >= 4 is 10.8 Å². The summed E-state index contributed by atoms with van der Waals surface area (Å²) in [6.07, 6.45) is 0. The topological polar surface area (TPSA) is 18.5 Å². The van der Waals surface area contributed by atoms with E-state index >= 15 is 0 Å². The Balaban J connectivity index is 2.36. The van der Waals surface area contributed by atoms with Crippen LogP contribution in [-0.2, 0) is 0 Å². The Labute approximate surface area is 88.4 Å². The van der Waals surface area contributed by atoms with Gasteiger partial charge in [-0.05, 0) is 17.5 Å². The summed E-state index contributed by atoms with van der Waals surface area (Å²) in [5.74, 6) is 1.22. The minimum absolute atomic E-state index is 0.581. The maximum absolute atomic E-state index is 5.77. The molecular formula is C13H12O2. The fourth-order valence-electron chi connectivity index (χ4n) is 1.99. The molecule has 0 saturated heterocycles. The first-order valence-corrected chi connectivity index (χ1v) is 5.05. The third-order valence-corrected chi connectivity index (χ3v) is 2.54. The number of rotatable bonds is 0. The number of hydrogen-bond acceptors (Lipinski definition) is 2. The highest BCUT2D eigenvalue weighted by Crippen LogP contribution is 2.40. The van der Waals surface area contributed by atoms with Crippen LogP contribution in [0, 0.1) is 0 Å². The lowest BCUT2D eigenvalue weighted by molar-refractivity contribution is -0.0861. The molecule has 0 N–H and O–H groups in total. The molecule has 1 heterocycles. The highest BCUT2D eigenvalue weighted by Gasteiger charge is 2.28. The van der Waals surface area contributed by atoms with Gasteiger partial charge in [-0.3, -0.25) is 0 Å². The van der Waals surface area contributed by atoms with Gasteiger partial charge in [-0.2, -0.15) is 0 Å². The first-order valence-electron chi connectivity index (χ1n) is 5.05. The van der Waals surface area contributed by atoms with E-state index in [4.69, 9.17) is 9.47 Å². The second-order valence-corrected chi connectivity index (χ2v) is 4.21. The second-order valence-electron chi connectivity index (χ2n) is 4.21. The minimum Gasteiger partial charge on any atom is -0.452 e. The van der Waals surface area contributed by atoms with Crippen molar-refractivity contribution in [3.05, 3.63) is 36.4 Å². The average Bonchev–Trinajstić information content (AvgIpc) is 2.16. The molecular weight excluding hydrogens is 188 g/mol. The van der Waals surface area contributed by atoms with E-state index in [0.717, 1.165) is 22.3 Å². The molecule has 2 aromatic rings. The van der Waals surface area contributed by atoms with Gasteiger partial charge >= 0.3 is 0 Å². The van der Waals surface area contributed by atoms with Crippen LogP contribution in [0.1, 0.15) is 13.8 Å². The molecule has 1 aliphatic rings. The van der Waals surface area contributed by atoms with E-state index in [1.54, 1.807) is 0 Å². The first kappa shape index (κ1) is 8.60. The fraction of sp³-hybridized carbons (Fsp3) is 0.231. The number of benzene rings is 2. The van der Waals surface area contributed by atoms with E-state index in [0.29, 0.717) is 0 Å². The van der Waals surface area contributed by atoms with Gasteiger partial charge in [-0.15, -0.1) is 0 Å². The molecule has 1 aliphatic heterocycles. The van der Waals surface area contributed by atoms with Gasteiger partial charge in [0.05, 0.1) is 5.39 Å². The first-order chi connectivity index (χ1) is 7.16. The molecule has 15 heavy (non-hydrogen) atoms. The van der Waals surface area contributed by atoms with Gasteiger partial charge < -0.3 is 9.47 Å². The Morgan fingerprint density at radius 3 is 1.93 bits per heavy atom. The van der Waals surface area contributed by atoms with Crippen LogP contribution in [-0.4, -0.2) is 5.79 Å². The van der Waals surface area contributed by atoms with Crippen LogP contribution in [0.2, 0.25) is 0 Å². The summed E-state index contributed by atoms with van der Waals surface area (Å²) in [5, 5.41) is 2.22. The van der Waals surface area contributed by atoms with Crippen molar-refractivity contribution in [3.8, 4) is 11.5 Å². The van der Waals surface area contributed by atoms with Gasteiger partial charge in [-0.25, -0.2) is 0 Å². The highest BCUT2D eigenvalue weighted by atomic mass is 16.7. The predicted octanol–water partition coefficient (Wildman–Crippen LogP) is 3.35. The third-order valence-electron chi connectivity index (χ3n) is 2.54. The lowest BCUT2D eigenvalue weighted by atomic mass is 10.1.